The molecule has 15 heavy (non-hydrogen) atoms. The van der Waals surface area contributed by atoms with E-state index in [1.54, 1.807) is 4.68 Å². The van der Waals surface area contributed by atoms with Crippen LogP contribution < -0.4 is 0 Å². The predicted octanol–water partition coefficient (Wildman–Crippen LogP) is 1.83. The van der Waals surface area contributed by atoms with Crippen molar-refractivity contribution < 1.29 is 8.42 Å². The van der Waals surface area contributed by atoms with E-state index < -0.39 is 9.84 Å². The normalized spacial score (nSPS) is 19.2. The number of sulfone groups is 1. The molecule has 6 heteroatoms. The lowest BCUT2D eigenvalue weighted by Crippen LogP contribution is -2.25. The molecule has 0 fully saturated rings. The summed E-state index contributed by atoms with van der Waals surface area (Å²) in [4.78, 5) is 0. The number of rotatable bonds is 0. The van der Waals surface area contributed by atoms with Crippen molar-refractivity contribution in [3.05, 3.63) is 15.9 Å². The van der Waals surface area contributed by atoms with E-state index in [2.05, 4.69) is 21.0 Å². The molecule has 0 radical (unpaired) electrons. The third-order valence-electron chi connectivity index (χ3n) is 2.40. The fourth-order valence-electron chi connectivity index (χ4n) is 1.78. The average Bonchev–Trinajstić information content (AvgIpc) is 2.45. The maximum Gasteiger partial charge on any atom is 0.160 e. The molecule has 84 valence electrons. The first-order valence-corrected chi connectivity index (χ1v) is 7.29. The Labute approximate surface area is 97.7 Å². The smallest absolute Gasteiger partial charge is 0.160 e. The van der Waals surface area contributed by atoms with Gasteiger partial charge in [-0.15, -0.1) is 0 Å². The molecule has 4 nitrogen and oxygen atoms in total. The van der Waals surface area contributed by atoms with Crippen LogP contribution in [0, 0.1) is 0 Å². The number of nitrogens with zero attached hydrogens (tertiary/aromatic N) is 2. The fraction of sp³-hybridized carbons (Fsp3) is 0.667. The van der Waals surface area contributed by atoms with Gasteiger partial charge in [0.2, 0.25) is 0 Å². The molecule has 0 saturated heterocycles. The zero-order valence-electron chi connectivity index (χ0n) is 8.91. The van der Waals surface area contributed by atoms with Gasteiger partial charge in [0.25, 0.3) is 0 Å². The average molecular weight is 293 g/mol. The van der Waals surface area contributed by atoms with E-state index in [0.29, 0.717) is 4.60 Å². The standard InChI is InChI=1S/C9H13BrN2O2S/c1-9(2,3)12-7-5-15(13,14)4-6(7)8(10)11-12/h4-5H2,1-3H3. The van der Waals surface area contributed by atoms with Gasteiger partial charge in [-0.25, -0.2) is 8.42 Å². The second-order valence-corrected chi connectivity index (χ2v) is 7.65. The number of hydrogen-bond acceptors (Lipinski definition) is 3. The van der Waals surface area contributed by atoms with E-state index in [0.717, 1.165) is 11.3 Å². The minimum Gasteiger partial charge on any atom is -0.262 e. The van der Waals surface area contributed by atoms with Crippen molar-refractivity contribution in [3.8, 4) is 0 Å². The number of aromatic nitrogens is 2. The molecular formula is C9H13BrN2O2S. The molecule has 0 aliphatic carbocycles. The zero-order valence-corrected chi connectivity index (χ0v) is 11.3. The van der Waals surface area contributed by atoms with E-state index in [4.69, 9.17) is 0 Å². The molecule has 0 spiro atoms. The second kappa shape index (κ2) is 3.07. The lowest BCUT2D eigenvalue weighted by molar-refractivity contribution is 0.345. The quantitative estimate of drug-likeness (QED) is 0.733. The van der Waals surface area contributed by atoms with Crippen molar-refractivity contribution in [1.82, 2.24) is 9.78 Å². The van der Waals surface area contributed by atoms with Crippen molar-refractivity contribution in [2.75, 3.05) is 0 Å². The fourth-order valence-corrected chi connectivity index (χ4v) is 4.05. The molecule has 0 aromatic carbocycles. The van der Waals surface area contributed by atoms with Crippen molar-refractivity contribution in [1.29, 1.82) is 0 Å². The van der Waals surface area contributed by atoms with Crippen molar-refractivity contribution in [2.24, 2.45) is 0 Å². The monoisotopic (exact) mass is 292 g/mol. The summed E-state index contributed by atoms with van der Waals surface area (Å²) >= 11 is 3.32. The van der Waals surface area contributed by atoms with Crippen LogP contribution in [0.5, 0.6) is 0 Å². The molecule has 2 heterocycles. The van der Waals surface area contributed by atoms with E-state index in [-0.39, 0.29) is 17.0 Å². The van der Waals surface area contributed by atoms with E-state index in [9.17, 15) is 8.42 Å². The summed E-state index contributed by atoms with van der Waals surface area (Å²) in [6.45, 7) is 6.03. The third-order valence-corrected chi connectivity index (χ3v) is 4.48. The highest BCUT2D eigenvalue weighted by Crippen LogP contribution is 2.33. The molecule has 0 amide bonds. The van der Waals surface area contributed by atoms with Crippen molar-refractivity contribution in [2.45, 2.75) is 37.8 Å². The zero-order chi connectivity index (χ0) is 11.4. The summed E-state index contributed by atoms with van der Waals surface area (Å²) in [5.74, 6) is 0.219. The van der Waals surface area contributed by atoms with Crippen LogP contribution in [0.4, 0.5) is 0 Å². The molecular weight excluding hydrogens is 280 g/mol. The highest BCUT2D eigenvalue weighted by atomic mass is 79.9. The number of fused-ring (bicyclic) bond motifs is 1. The lowest BCUT2D eigenvalue weighted by Gasteiger charge is -2.21. The molecule has 0 unspecified atom stereocenters. The summed E-state index contributed by atoms with van der Waals surface area (Å²) in [5.41, 5.74) is 1.47. The minimum atomic E-state index is -2.96. The lowest BCUT2D eigenvalue weighted by atomic mass is 10.1. The Morgan fingerprint density at radius 2 is 1.93 bits per heavy atom. The molecule has 2 rings (SSSR count). The van der Waals surface area contributed by atoms with Crippen molar-refractivity contribution in [3.63, 3.8) is 0 Å². The SMILES string of the molecule is CC(C)(C)n1nc(Br)c2c1CS(=O)(=O)C2. The molecule has 0 atom stereocenters. The van der Waals surface area contributed by atoms with Crippen LogP contribution in [0.25, 0.3) is 0 Å². The maximum atomic E-state index is 11.5. The van der Waals surface area contributed by atoms with Gasteiger partial charge >= 0.3 is 0 Å². The minimum absolute atomic E-state index is 0.109. The molecule has 0 saturated carbocycles. The Balaban J connectivity index is 2.62. The Kier molecular flexibility index (Phi) is 2.28. The van der Waals surface area contributed by atoms with Crippen LogP contribution in [-0.4, -0.2) is 18.2 Å². The maximum absolute atomic E-state index is 11.5. The third kappa shape index (κ3) is 1.85. The molecule has 1 aromatic rings. The number of halogens is 1. The van der Waals surface area contributed by atoms with Crippen LogP contribution >= 0.6 is 15.9 Å². The molecule has 1 aliphatic heterocycles. The van der Waals surface area contributed by atoms with Gasteiger partial charge in [0.15, 0.2) is 9.84 Å². The van der Waals surface area contributed by atoms with Gasteiger partial charge in [-0.05, 0) is 36.7 Å². The van der Waals surface area contributed by atoms with Crippen LogP contribution in [0.2, 0.25) is 0 Å². The second-order valence-electron chi connectivity index (χ2n) is 4.83. The highest BCUT2D eigenvalue weighted by Gasteiger charge is 2.34. The Hall–Kier alpha value is -0.360. The first-order chi connectivity index (χ1) is 6.71. The summed E-state index contributed by atoms with van der Waals surface area (Å²) in [7, 11) is -2.96. The summed E-state index contributed by atoms with van der Waals surface area (Å²) in [6, 6.07) is 0. The molecule has 0 N–H and O–H groups in total. The van der Waals surface area contributed by atoms with Gasteiger partial charge in [0.05, 0.1) is 22.7 Å². The van der Waals surface area contributed by atoms with E-state index in [1.165, 1.54) is 0 Å². The van der Waals surface area contributed by atoms with Gasteiger partial charge in [0, 0.05) is 5.56 Å². The molecule has 1 aromatic heterocycles. The van der Waals surface area contributed by atoms with Gasteiger partial charge in [-0.3, -0.25) is 4.68 Å². The van der Waals surface area contributed by atoms with Crippen LogP contribution in [0.15, 0.2) is 4.60 Å². The van der Waals surface area contributed by atoms with Gasteiger partial charge in [0.1, 0.15) is 4.60 Å². The molecule has 1 aliphatic rings. The van der Waals surface area contributed by atoms with Gasteiger partial charge in [-0.2, -0.15) is 5.10 Å². The Bertz CT molecular complexity index is 511. The van der Waals surface area contributed by atoms with Crippen molar-refractivity contribution >= 4 is 25.8 Å². The van der Waals surface area contributed by atoms with E-state index >= 15 is 0 Å². The largest absolute Gasteiger partial charge is 0.262 e. The highest BCUT2D eigenvalue weighted by molar-refractivity contribution is 9.10. The summed E-state index contributed by atoms with van der Waals surface area (Å²) in [6.07, 6.45) is 0. The molecule has 0 bridgehead atoms. The van der Waals surface area contributed by atoms with Crippen LogP contribution in [0.3, 0.4) is 0 Å². The first-order valence-electron chi connectivity index (χ1n) is 4.68. The Morgan fingerprint density at radius 1 is 1.33 bits per heavy atom. The summed E-state index contributed by atoms with van der Waals surface area (Å²) in [5, 5.41) is 4.34. The number of hydrogen-bond donors (Lipinski definition) is 0. The van der Waals surface area contributed by atoms with Gasteiger partial charge in [-0.1, -0.05) is 0 Å². The summed E-state index contributed by atoms with van der Waals surface area (Å²) < 4.78 is 25.5. The first kappa shape index (κ1) is 11.1. The van der Waals surface area contributed by atoms with Crippen LogP contribution in [0.1, 0.15) is 32.0 Å². The topological polar surface area (TPSA) is 52.0 Å². The van der Waals surface area contributed by atoms with Crippen LogP contribution in [-0.2, 0) is 26.9 Å². The Morgan fingerprint density at radius 3 is 2.47 bits per heavy atom. The predicted molar refractivity (Wildman–Crippen MR) is 61.3 cm³/mol. The van der Waals surface area contributed by atoms with Gasteiger partial charge < -0.3 is 0 Å². The van der Waals surface area contributed by atoms with E-state index in [1.807, 2.05) is 20.8 Å².